The summed E-state index contributed by atoms with van der Waals surface area (Å²) in [5, 5.41) is 3.73. The van der Waals surface area contributed by atoms with Crippen molar-refractivity contribution >= 4 is 17.4 Å². The summed E-state index contributed by atoms with van der Waals surface area (Å²) < 4.78 is 0. The van der Waals surface area contributed by atoms with Gasteiger partial charge in [-0.3, -0.25) is 0 Å². The molecule has 0 spiro atoms. The van der Waals surface area contributed by atoms with Crippen LogP contribution < -0.4 is 5.32 Å². The summed E-state index contributed by atoms with van der Waals surface area (Å²) in [6.45, 7) is 11.5. The number of benzene rings is 1. The molecule has 0 amide bonds. The van der Waals surface area contributed by atoms with Crippen LogP contribution in [0, 0.1) is 5.41 Å². The maximum atomic E-state index is 3.73. The SMILES string of the molecule is CC(C)(C)c1ccc(NC2CSCCC2(C)C)cc1. The number of rotatable bonds is 2. The average molecular weight is 277 g/mol. The minimum Gasteiger partial charge on any atom is -0.381 e. The van der Waals surface area contributed by atoms with Gasteiger partial charge in [-0.05, 0) is 40.7 Å². The van der Waals surface area contributed by atoms with Crippen LogP contribution in [0.25, 0.3) is 0 Å². The van der Waals surface area contributed by atoms with Crippen LogP contribution in [0.15, 0.2) is 24.3 Å². The molecule has 2 rings (SSSR count). The summed E-state index contributed by atoms with van der Waals surface area (Å²) in [7, 11) is 0. The molecule has 1 aromatic rings. The second-order valence-electron chi connectivity index (χ2n) is 7.34. The van der Waals surface area contributed by atoms with Gasteiger partial charge < -0.3 is 5.32 Å². The molecular weight excluding hydrogens is 250 g/mol. The predicted molar refractivity (Wildman–Crippen MR) is 88.3 cm³/mol. The summed E-state index contributed by atoms with van der Waals surface area (Å²) in [5.74, 6) is 2.52. The molecule has 1 aromatic carbocycles. The summed E-state index contributed by atoms with van der Waals surface area (Å²) in [6.07, 6.45) is 1.30. The fraction of sp³-hybridized carbons (Fsp3) is 0.647. The standard InChI is InChI=1S/C17H27NS/c1-16(2,3)13-6-8-14(9-7-13)18-15-12-19-11-10-17(15,4)5/h6-9,15,18H,10-12H2,1-5H3. The second kappa shape index (κ2) is 5.40. The third-order valence-electron chi connectivity index (χ3n) is 4.21. The topological polar surface area (TPSA) is 12.0 Å². The highest BCUT2D eigenvalue weighted by Gasteiger charge is 2.32. The first-order valence-corrected chi connectivity index (χ1v) is 8.39. The molecule has 1 unspecified atom stereocenters. The monoisotopic (exact) mass is 277 g/mol. The van der Waals surface area contributed by atoms with Crippen LogP contribution in [0.2, 0.25) is 0 Å². The molecule has 1 aliphatic rings. The van der Waals surface area contributed by atoms with E-state index in [0.29, 0.717) is 11.5 Å². The molecule has 1 nitrogen and oxygen atoms in total. The van der Waals surface area contributed by atoms with Gasteiger partial charge in [0.2, 0.25) is 0 Å². The molecule has 1 fully saturated rings. The van der Waals surface area contributed by atoms with E-state index in [0.717, 1.165) is 0 Å². The fourth-order valence-electron chi connectivity index (χ4n) is 2.44. The third-order valence-corrected chi connectivity index (χ3v) is 5.27. The van der Waals surface area contributed by atoms with E-state index in [4.69, 9.17) is 0 Å². The van der Waals surface area contributed by atoms with Crippen molar-refractivity contribution in [1.29, 1.82) is 0 Å². The maximum absolute atomic E-state index is 3.73. The Labute approximate surface area is 122 Å². The number of anilines is 1. The van der Waals surface area contributed by atoms with E-state index < -0.39 is 0 Å². The van der Waals surface area contributed by atoms with Gasteiger partial charge in [0, 0.05) is 17.5 Å². The van der Waals surface area contributed by atoms with E-state index in [9.17, 15) is 0 Å². The molecule has 0 aliphatic carbocycles. The van der Waals surface area contributed by atoms with Crippen LogP contribution in [0.3, 0.4) is 0 Å². The van der Waals surface area contributed by atoms with E-state index in [1.165, 1.54) is 29.2 Å². The molecular formula is C17H27NS. The van der Waals surface area contributed by atoms with Gasteiger partial charge in [0.25, 0.3) is 0 Å². The average Bonchev–Trinajstić information content (AvgIpc) is 2.31. The van der Waals surface area contributed by atoms with Gasteiger partial charge in [0.05, 0.1) is 0 Å². The van der Waals surface area contributed by atoms with Crippen molar-refractivity contribution in [2.45, 2.75) is 52.5 Å². The molecule has 0 saturated carbocycles. The second-order valence-corrected chi connectivity index (χ2v) is 8.49. The largest absolute Gasteiger partial charge is 0.381 e. The van der Waals surface area contributed by atoms with E-state index in [1.54, 1.807) is 0 Å². The van der Waals surface area contributed by atoms with Gasteiger partial charge >= 0.3 is 0 Å². The number of hydrogen-bond donors (Lipinski definition) is 1. The molecule has 0 radical (unpaired) electrons. The Bertz CT molecular complexity index is 414. The smallest absolute Gasteiger partial charge is 0.0403 e. The number of thioether (sulfide) groups is 1. The molecule has 1 saturated heterocycles. The fourth-order valence-corrected chi connectivity index (χ4v) is 4.05. The Morgan fingerprint density at radius 2 is 1.79 bits per heavy atom. The highest BCUT2D eigenvalue weighted by Crippen LogP contribution is 2.36. The van der Waals surface area contributed by atoms with Crippen LogP contribution in [-0.2, 0) is 5.41 Å². The Hall–Kier alpha value is -0.630. The minimum absolute atomic E-state index is 0.235. The highest BCUT2D eigenvalue weighted by atomic mass is 32.2. The van der Waals surface area contributed by atoms with Gasteiger partial charge in [-0.2, -0.15) is 11.8 Å². The van der Waals surface area contributed by atoms with Crippen molar-refractivity contribution in [3.05, 3.63) is 29.8 Å². The van der Waals surface area contributed by atoms with E-state index in [2.05, 4.69) is 76.0 Å². The van der Waals surface area contributed by atoms with Gasteiger partial charge in [0.1, 0.15) is 0 Å². The highest BCUT2D eigenvalue weighted by molar-refractivity contribution is 7.99. The lowest BCUT2D eigenvalue weighted by molar-refractivity contribution is 0.305. The molecule has 0 aromatic heterocycles. The Balaban J connectivity index is 2.07. The Kier molecular flexibility index (Phi) is 4.20. The van der Waals surface area contributed by atoms with E-state index in [1.807, 2.05) is 0 Å². The number of nitrogens with one attached hydrogen (secondary N) is 1. The molecule has 19 heavy (non-hydrogen) atoms. The van der Waals surface area contributed by atoms with Gasteiger partial charge in [0.15, 0.2) is 0 Å². The quantitative estimate of drug-likeness (QED) is 0.823. The lowest BCUT2D eigenvalue weighted by Crippen LogP contribution is -2.41. The van der Waals surface area contributed by atoms with Crippen LogP contribution in [0.4, 0.5) is 5.69 Å². The molecule has 0 bridgehead atoms. The normalized spacial score (nSPS) is 23.1. The van der Waals surface area contributed by atoms with E-state index >= 15 is 0 Å². The zero-order valence-electron chi connectivity index (χ0n) is 12.9. The van der Waals surface area contributed by atoms with Crippen LogP contribution in [0.5, 0.6) is 0 Å². The van der Waals surface area contributed by atoms with E-state index in [-0.39, 0.29) is 5.41 Å². The molecule has 1 aliphatic heterocycles. The molecule has 2 heteroatoms. The summed E-state index contributed by atoms with van der Waals surface area (Å²) in [6, 6.07) is 9.55. The van der Waals surface area contributed by atoms with Crippen molar-refractivity contribution in [3.8, 4) is 0 Å². The van der Waals surface area contributed by atoms with Crippen molar-refractivity contribution in [2.75, 3.05) is 16.8 Å². The first-order valence-electron chi connectivity index (χ1n) is 7.24. The molecule has 1 N–H and O–H groups in total. The van der Waals surface area contributed by atoms with Crippen LogP contribution in [-0.4, -0.2) is 17.5 Å². The zero-order valence-corrected chi connectivity index (χ0v) is 13.7. The first-order chi connectivity index (χ1) is 8.79. The van der Waals surface area contributed by atoms with Gasteiger partial charge in [-0.1, -0.05) is 46.8 Å². The lowest BCUT2D eigenvalue weighted by Gasteiger charge is -2.39. The van der Waals surface area contributed by atoms with Crippen molar-refractivity contribution in [1.82, 2.24) is 0 Å². The summed E-state index contributed by atoms with van der Waals surface area (Å²) in [5.41, 5.74) is 3.29. The van der Waals surface area contributed by atoms with Crippen LogP contribution >= 0.6 is 11.8 Å². The molecule has 1 atom stereocenters. The summed E-state index contributed by atoms with van der Waals surface area (Å²) >= 11 is 2.07. The van der Waals surface area contributed by atoms with Crippen LogP contribution in [0.1, 0.15) is 46.6 Å². The lowest BCUT2D eigenvalue weighted by atomic mass is 9.82. The molecule has 1 heterocycles. The maximum Gasteiger partial charge on any atom is 0.0403 e. The summed E-state index contributed by atoms with van der Waals surface area (Å²) in [4.78, 5) is 0. The Morgan fingerprint density at radius 1 is 1.16 bits per heavy atom. The van der Waals surface area contributed by atoms with Crippen molar-refractivity contribution in [2.24, 2.45) is 5.41 Å². The van der Waals surface area contributed by atoms with Gasteiger partial charge in [-0.15, -0.1) is 0 Å². The number of hydrogen-bond acceptors (Lipinski definition) is 2. The van der Waals surface area contributed by atoms with Gasteiger partial charge in [-0.25, -0.2) is 0 Å². The third kappa shape index (κ3) is 3.68. The minimum atomic E-state index is 0.235. The first kappa shape index (κ1) is 14.8. The predicted octanol–water partition coefficient (Wildman–Crippen LogP) is 4.93. The zero-order chi connectivity index (χ0) is 14.1. The van der Waals surface area contributed by atoms with Crippen molar-refractivity contribution < 1.29 is 0 Å². The molecule has 106 valence electrons. The van der Waals surface area contributed by atoms with Crippen molar-refractivity contribution in [3.63, 3.8) is 0 Å². The Morgan fingerprint density at radius 3 is 2.32 bits per heavy atom.